The maximum Gasteiger partial charge on any atom is 0.220 e. The topological polar surface area (TPSA) is 149 Å². The Kier molecular flexibility index (Phi) is 47.0. The molecule has 0 aliphatic carbocycles. The third-order valence-electron chi connectivity index (χ3n) is 13.9. The molecule has 0 aromatic rings. The molecule has 69 heavy (non-hydrogen) atoms. The monoisotopic (exact) mass is 974 g/mol. The summed E-state index contributed by atoms with van der Waals surface area (Å²) in [6, 6.07) is -0.714. The van der Waals surface area contributed by atoms with E-state index in [1.807, 2.05) is 0 Å². The van der Waals surface area contributed by atoms with Crippen LogP contribution in [0.15, 0.2) is 48.6 Å². The predicted molar refractivity (Wildman–Crippen MR) is 290 cm³/mol. The molecule has 0 aromatic heterocycles. The SMILES string of the molecule is CC/C=C\C/C=C\C/C=C\C/C=C\CCCCCCCCCCCCCCCCCCCCCCCCCCCCC(=O)NC(COC1OC(CO)C(O)C(O)C1O)C(O)CCCCCCCCC. The van der Waals surface area contributed by atoms with Crippen molar-refractivity contribution >= 4 is 5.91 Å². The first-order valence-corrected chi connectivity index (χ1v) is 29.3. The van der Waals surface area contributed by atoms with Crippen molar-refractivity contribution in [1.82, 2.24) is 5.32 Å². The van der Waals surface area contributed by atoms with Gasteiger partial charge in [0.05, 0.1) is 25.4 Å². The van der Waals surface area contributed by atoms with Crippen LogP contribution in [0.5, 0.6) is 0 Å². The van der Waals surface area contributed by atoms with Crippen LogP contribution >= 0.6 is 0 Å². The van der Waals surface area contributed by atoms with Gasteiger partial charge in [0.1, 0.15) is 24.4 Å². The molecule has 7 atom stereocenters. The summed E-state index contributed by atoms with van der Waals surface area (Å²) in [5, 5.41) is 54.2. The van der Waals surface area contributed by atoms with Gasteiger partial charge in [0, 0.05) is 6.42 Å². The molecule has 9 nitrogen and oxygen atoms in total. The summed E-state index contributed by atoms with van der Waals surface area (Å²) in [6.45, 7) is 3.68. The van der Waals surface area contributed by atoms with Gasteiger partial charge < -0.3 is 40.3 Å². The fourth-order valence-electron chi connectivity index (χ4n) is 9.33. The number of ether oxygens (including phenoxy) is 2. The highest BCUT2D eigenvalue weighted by Gasteiger charge is 2.44. The molecule has 1 saturated heterocycles. The van der Waals surface area contributed by atoms with Gasteiger partial charge in [-0.05, 0) is 51.4 Å². The van der Waals surface area contributed by atoms with Gasteiger partial charge in [-0.2, -0.15) is 0 Å². The Morgan fingerprint density at radius 2 is 0.899 bits per heavy atom. The van der Waals surface area contributed by atoms with Crippen molar-refractivity contribution < 1.29 is 39.8 Å². The van der Waals surface area contributed by atoms with Crippen LogP contribution in [0.25, 0.3) is 0 Å². The van der Waals surface area contributed by atoms with Gasteiger partial charge in [-0.3, -0.25) is 4.79 Å². The molecule has 1 aliphatic rings. The van der Waals surface area contributed by atoms with Crippen molar-refractivity contribution in [3.8, 4) is 0 Å². The Bertz CT molecular complexity index is 1220. The standard InChI is InChI=1S/C60H111NO8/c1-3-5-7-9-11-12-13-14-15-16-17-18-19-20-21-22-23-24-25-26-27-28-29-30-31-32-33-34-35-36-37-38-39-40-41-42-44-46-48-50-56(64)61-53(54(63)49-47-45-43-10-8-6-4-2)52-68-60-59(67)58(66)57(65)55(51-62)69-60/h5,7,11-12,14-15,17-18,53-55,57-60,62-63,65-67H,3-4,6,8-10,13,16,19-52H2,1-2H3,(H,61,64)/b7-5-,12-11-,15-14-,18-17-. The van der Waals surface area contributed by atoms with Gasteiger partial charge in [0.2, 0.25) is 5.91 Å². The molecule has 0 spiro atoms. The van der Waals surface area contributed by atoms with Crippen LogP contribution in [-0.2, 0) is 14.3 Å². The molecule has 0 radical (unpaired) electrons. The number of carbonyl (C=O) groups is 1. The Labute approximate surface area is 424 Å². The second kappa shape index (κ2) is 49.7. The van der Waals surface area contributed by atoms with Crippen molar-refractivity contribution in [1.29, 1.82) is 0 Å². The lowest BCUT2D eigenvalue weighted by Gasteiger charge is -2.40. The number of unbranched alkanes of at least 4 members (excludes halogenated alkanes) is 32. The van der Waals surface area contributed by atoms with E-state index >= 15 is 0 Å². The lowest BCUT2D eigenvalue weighted by molar-refractivity contribution is -0.302. The van der Waals surface area contributed by atoms with Crippen LogP contribution in [0.3, 0.4) is 0 Å². The summed E-state index contributed by atoms with van der Waals surface area (Å²) in [5.41, 5.74) is 0. The van der Waals surface area contributed by atoms with Crippen molar-refractivity contribution in [2.45, 2.75) is 314 Å². The number of allylic oxidation sites excluding steroid dienone is 8. The van der Waals surface area contributed by atoms with Gasteiger partial charge >= 0.3 is 0 Å². The second-order valence-electron chi connectivity index (χ2n) is 20.4. The van der Waals surface area contributed by atoms with E-state index in [0.717, 1.165) is 64.2 Å². The zero-order valence-electron chi connectivity index (χ0n) is 44.8. The molecule has 1 amide bonds. The van der Waals surface area contributed by atoms with Gasteiger partial charge in [-0.1, -0.05) is 262 Å². The smallest absolute Gasteiger partial charge is 0.220 e. The van der Waals surface area contributed by atoms with E-state index in [4.69, 9.17) is 9.47 Å². The summed E-state index contributed by atoms with van der Waals surface area (Å²) in [7, 11) is 0. The molecule has 9 heteroatoms. The number of rotatable bonds is 50. The van der Waals surface area contributed by atoms with Gasteiger partial charge in [-0.25, -0.2) is 0 Å². The number of carbonyl (C=O) groups excluding carboxylic acids is 1. The highest BCUT2D eigenvalue weighted by Crippen LogP contribution is 2.23. The average molecular weight is 975 g/mol. The Hall–Kier alpha value is -1.85. The van der Waals surface area contributed by atoms with Crippen LogP contribution in [0.2, 0.25) is 0 Å². The van der Waals surface area contributed by atoms with Crippen LogP contribution < -0.4 is 5.32 Å². The van der Waals surface area contributed by atoms with Crippen molar-refractivity contribution in [2.75, 3.05) is 13.2 Å². The molecular weight excluding hydrogens is 863 g/mol. The fraction of sp³-hybridized carbons (Fsp3) is 0.850. The molecule has 7 unspecified atom stereocenters. The third kappa shape index (κ3) is 39.4. The summed E-state index contributed by atoms with van der Waals surface area (Å²) < 4.78 is 11.2. The van der Waals surface area contributed by atoms with Crippen molar-refractivity contribution in [3.63, 3.8) is 0 Å². The number of hydrogen-bond acceptors (Lipinski definition) is 8. The van der Waals surface area contributed by atoms with Gasteiger partial charge in [-0.15, -0.1) is 0 Å². The van der Waals surface area contributed by atoms with Crippen LogP contribution in [0.1, 0.15) is 271 Å². The molecule has 0 aromatic carbocycles. The molecule has 1 fully saturated rings. The zero-order chi connectivity index (χ0) is 50.1. The van der Waals surface area contributed by atoms with E-state index in [-0.39, 0.29) is 12.5 Å². The minimum absolute atomic E-state index is 0.136. The highest BCUT2D eigenvalue weighted by atomic mass is 16.7. The van der Waals surface area contributed by atoms with Crippen LogP contribution in [0.4, 0.5) is 0 Å². The van der Waals surface area contributed by atoms with Crippen LogP contribution in [0, 0.1) is 0 Å². The van der Waals surface area contributed by atoms with E-state index in [2.05, 4.69) is 67.8 Å². The van der Waals surface area contributed by atoms with E-state index < -0.39 is 49.5 Å². The fourth-order valence-corrected chi connectivity index (χ4v) is 9.33. The summed E-state index contributed by atoms with van der Waals surface area (Å²) in [4.78, 5) is 13.0. The minimum atomic E-state index is -1.55. The minimum Gasteiger partial charge on any atom is -0.394 e. The summed E-state index contributed by atoms with van der Waals surface area (Å²) >= 11 is 0. The summed E-state index contributed by atoms with van der Waals surface area (Å²) in [6.07, 6.45) is 59.3. The Morgan fingerprint density at radius 3 is 1.33 bits per heavy atom. The molecule has 0 saturated carbocycles. The van der Waals surface area contributed by atoms with E-state index in [1.165, 1.54) is 180 Å². The molecule has 6 N–H and O–H groups in total. The molecule has 404 valence electrons. The highest BCUT2D eigenvalue weighted by molar-refractivity contribution is 5.76. The number of hydrogen-bond donors (Lipinski definition) is 6. The number of aliphatic hydroxyl groups is 5. The normalized spacial score (nSPS) is 19.8. The first-order chi connectivity index (χ1) is 33.8. The van der Waals surface area contributed by atoms with Gasteiger partial charge in [0.15, 0.2) is 6.29 Å². The Morgan fingerprint density at radius 1 is 0.507 bits per heavy atom. The van der Waals surface area contributed by atoms with Gasteiger partial charge in [0.25, 0.3) is 0 Å². The maximum absolute atomic E-state index is 13.0. The first kappa shape index (κ1) is 65.2. The quantitative estimate of drug-likeness (QED) is 0.0261. The lowest BCUT2D eigenvalue weighted by Crippen LogP contribution is -2.60. The number of aliphatic hydroxyl groups excluding tert-OH is 5. The average Bonchev–Trinajstić information content (AvgIpc) is 3.35. The van der Waals surface area contributed by atoms with Crippen molar-refractivity contribution in [3.05, 3.63) is 48.6 Å². The summed E-state index contributed by atoms with van der Waals surface area (Å²) in [5.74, 6) is -0.145. The molecule has 1 heterocycles. The zero-order valence-corrected chi connectivity index (χ0v) is 44.8. The first-order valence-electron chi connectivity index (χ1n) is 29.3. The number of nitrogens with one attached hydrogen (secondary N) is 1. The third-order valence-corrected chi connectivity index (χ3v) is 13.9. The Balaban J connectivity index is 1.95. The largest absolute Gasteiger partial charge is 0.394 e. The number of amides is 1. The van der Waals surface area contributed by atoms with E-state index in [1.54, 1.807) is 0 Å². The predicted octanol–water partition coefficient (Wildman–Crippen LogP) is 14.5. The van der Waals surface area contributed by atoms with Crippen LogP contribution in [-0.4, -0.2) is 87.5 Å². The lowest BCUT2D eigenvalue weighted by atomic mass is 9.99. The second-order valence-corrected chi connectivity index (χ2v) is 20.4. The van der Waals surface area contributed by atoms with E-state index in [0.29, 0.717) is 12.8 Å². The van der Waals surface area contributed by atoms with Crippen molar-refractivity contribution in [2.24, 2.45) is 0 Å². The molecule has 1 aliphatic heterocycles. The maximum atomic E-state index is 13.0. The molecular formula is C60H111NO8. The molecule has 1 rings (SSSR count). The van der Waals surface area contributed by atoms with E-state index in [9.17, 15) is 30.3 Å². The molecule has 0 bridgehead atoms.